The number of ether oxygens (including phenoxy) is 3. The molecule has 10 N–H and O–H groups in total. The predicted molar refractivity (Wildman–Crippen MR) is 163 cm³/mol. The van der Waals surface area contributed by atoms with Gasteiger partial charge in [0.05, 0.1) is 24.0 Å². The number of benzene rings is 2. The van der Waals surface area contributed by atoms with Crippen LogP contribution in [-0.2, 0) is 19.0 Å². The lowest BCUT2D eigenvalue weighted by Gasteiger charge is -2.53. The van der Waals surface area contributed by atoms with E-state index in [1.807, 2.05) is 0 Å². The molecule has 10 atom stereocenters. The van der Waals surface area contributed by atoms with Gasteiger partial charge in [-0.1, -0.05) is 12.1 Å². The van der Waals surface area contributed by atoms with Crippen molar-refractivity contribution in [2.75, 3.05) is 26.3 Å². The second-order valence-electron chi connectivity index (χ2n) is 11.8. The Morgan fingerprint density at radius 3 is 2.22 bits per heavy atom. The van der Waals surface area contributed by atoms with Gasteiger partial charge in [-0.2, -0.15) is 0 Å². The first-order valence-electron chi connectivity index (χ1n) is 15.3. The van der Waals surface area contributed by atoms with Gasteiger partial charge in [0.25, 0.3) is 11.8 Å². The largest absolute Gasteiger partial charge is 0.456 e. The minimum atomic E-state index is -3.22. The number of nitrogens with zero attached hydrogens (tertiary/aromatic N) is 1. The van der Waals surface area contributed by atoms with Crippen LogP contribution in [0.5, 0.6) is 0 Å². The Morgan fingerprint density at radius 1 is 0.878 bits per heavy atom. The number of nitrogens with one attached hydrogen (secondary N) is 1. The van der Waals surface area contributed by atoms with Gasteiger partial charge in [-0.15, -0.1) is 0 Å². The fourth-order valence-corrected chi connectivity index (χ4v) is 5.94. The number of hydrogen-bond donors (Lipinski definition) is 10. The second-order valence-corrected chi connectivity index (χ2v) is 11.8. The zero-order valence-corrected chi connectivity index (χ0v) is 26.0. The van der Waals surface area contributed by atoms with Gasteiger partial charge in [0.2, 0.25) is 11.3 Å². The molecule has 0 bridgehead atoms. The standard InChI is InChI=1S/C31H38N2O16/c1-14(36)33(10-4-9-32-29(43)15-7-8-19-17(11-15)22(37)16-5-2-3-6-18(16)46-19)30(44)27(41)25(40)26(21(13-35)47-30)49-31(45)28(42)24(39)23(38)20(12-34)48-31/h2-3,5-8,11,20-21,23-28,34-35,38-42,44-45H,4,9-10,12-13H2,1H3,(H,32,43)/t20-,21-,23-,24+,25+,26-,27-,28-,30-,31+/m1/s1. The van der Waals surface area contributed by atoms with E-state index in [0.717, 1.165) is 6.92 Å². The molecule has 18 nitrogen and oxygen atoms in total. The molecule has 18 heteroatoms. The van der Waals surface area contributed by atoms with Crippen LogP contribution in [0.2, 0.25) is 0 Å². The fourth-order valence-electron chi connectivity index (χ4n) is 5.94. The Bertz CT molecular complexity index is 1730. The Hall–Kier alpha value is -3.63. The summed E-state index contributed by atoms with van der Waals surface area (Å²) in [7, 11) is 0. The number of carbonyl (C=O) groups excluding carboxylic acids is 2. The maximum Gasteiger partial charge on any atom is 0.311 e. The van der Waals surface area contributed by atoms with Crippen molar-refractivity contribution in [1.82, 2.24) is 10.2 Å². The van der Waals surface area contributed by atoms with Crippen molar-refractivity contribution in [2.24, 2.45) is 0 Å². The summed E-state index contributed by atoms with van der Waals surface area (Å²) in [6, 6.07) is 11.0. The lowest BCUT2D eigenvalue weighted by Crippen LogP contribution is -2.74. The Kier molecular flexibility index (Phi) is 10.7. The fraction of sp³-hybridized carbons (Fsp3) is 0.516. The Balaban J connectivity index is 1.25. The highest BCUT2D eigenvalue weighted by Gasteiger charge is 2.62. The molecule has 3 heterocycles. The minimum absolute atomic E-state index is 0.0353. The van der Waals surface area contributed by atoms with E-state index >= 15 is 0 Å². The van der Waals surface area contributed by atoms with Crippen molar-refractivity contribution in [3.05, 3.63) is 58.3 Å². The molecule has 1 aromatic heterocycles. The molecule has 49 heavy (non-hydrogen) atoms. The van der Waals surface area contributed by atoms with E-state index in [0.29, 0.717) is 15.9 Å². The van der Waals surface area contributed by atoms with Gasteiger partial charge in [0.1, 0.15) is 47.8 Å². The van der Waals surface area contributed by atoms with Gasteiger partial charge in [0, 0.05) is 25.6 Å². The molecule has 2 fully saturated rings. The molecule has 2 aliphatic rings. The van der Waals surface area contributed by atoms with Crippen molar-refractivity contribution in [1.29, 1.82) is 0 Å². The number of carbonyl (C=O) groups is 2. The maximum absolute atomic E-state index is 13.0. The van der Waals surface area contributed by atoms with E-state index < -0.39 is 85.7 Å². The molecular weight excluding hydrogens is 656 g/mol. The summed E-state index contributed by atoms with van der Waals surface area (Å²) in [5, 5.41) is 97.0. The van der Waals surface area contributed by atoms with Gasteiger partial charge >= 0.3 is 5.97 Å². The van der Waals surface area contributed by atoms with Gasteiger partial charge in [-0.05, 0) is 36.8 Å². The molecule has 5 rings (SSSR count). The highest BCUT2D eigenvalue weighted by atomic mass is 16.8. The third-order valence-corrected chi connectivity index (χ3v) is 8.60. The minimum Gasteiger partial charge on any atom is -0.456 e. The molecule has 2 amide bonds. The molecule has 0 saturated carbocycles. The third kappa shape index (κ3) is 6.78. The highest BCUT2D eigenvalue weighted by Crippen LogP contribution is 2.37. The Labute approximate surface area is 276 Å². The van der Waals surface area contributed by atoms with Crippen LogP contribution in [0.3, 0.4) is 0 Å². The van der Waals surface area contributed by atoms with Crippen LogP contribution in [0.25, 0.3) is 21.9 Å². The number of para-hydroxylation sites is 1. The van der Waals surface area contributed by atoms with E-state index in [-0.39, 0.29) is 41.5 Å². The van der Waals surface area contributed by atoms with E-state index in [4.69, 9.17) is 18.6 Å². The van der Waals surface area contributed by atoms with Crippen LogP contribution in [0.1, 0.15) is 23.7 Å². The smallest absolute Gasteiger partial charge is 0.311 e. The molecule has 3 aromatic rings. The zero-order chi connectivity index (χ0) is 35.8. The summed E-state index contributed by atoms with van der Waals surface area (Å²) in [5.74, 6) is -7.64. The van der Waals surface area contributed by atoms with Crippen molar-refractivity contribution in [3.8, 4) is 0 Å². The first kappa shape index (κ1) is 36.6. The molecular formula is C31H38N2O16. The van der Waals surface area contributed by atoms with Crippen LogP contribution < -0.4 is 10.7 Å². The van der Waals surface area contributed by atoms with Crippen molar-refractivity contribution in [2.45, 2.75) is 74.1 Å². The van der Waals surface area contributed by atoms with E-state index in [9.17, 15) is 60.3 Å². The summed E-state index contributed by atoms with van der Waals surface area (Å²) in [4.78, 5) is 39.1. The Morgan fingerprint density at radius 2 is 1.55 bits per heavy atom. The number of aliphatic hydroxyl groups is 9. The first-order valence-corrected chi connectivity index (χ1v) is 15.3. The monoisotopic (exact) mass is 694 g/mol. The summed E-state index contributed by atoms with van der Waals surface area (Å²) >= 11 is 0. The molecule has 2 aliphatic heterocycles. The van der Waals surface area contributed by atoms with Crippen LogP contribution in [0.4, 0.5) is 0 Å². The number of hydrogen-bond acceptors (Lipinski definition) is 16. The predicted octanol–water partition coefficient (Wildman–Crippen LogP) is -3.82. The average molecular weight is 695 g/mol. The van der Waals surface area contributed by atoms with Crippen LogP contribution in [-0.4, -0.2) is 150 Å². The maximum atomic E-state index is 13.0. The summed E-state index contributed by atoms with van der Waals surface area (Å²) < 4.78 is 21.4. The summed E-state index contributed by atoms with van der Waals surface area (Å²) in [5.41, 5.74) is 0.508. The normalized spacial score (nSPS) is 33.4. The van der Waals surface area contributed by atoms with E-state index in [2.05, 4.69) is 5.32 Å². The van der Waals surface area contributed by atoms with Crippen molar-refractivity contribution < 1.29 is 74.2 Å². The van der Waals surface area contributed by atoms with Gasteiger partial charge in [-0.25, -0.2) is 0 Å². The third-order valence-electron chi connectivity index (χ3n) is 8.60. The molecule has 0 radical (unpaired) electrons. The average Bonchev–Trinajstić information content (AvgIpc) is 3.09. The quantitative estimate of drug-likeness (QED) is 0.0553. The highest BCUT2D eigenvalue weighted by molar-refractivity contribution is 5.99. The number of rotatable bonds is 10. The number of aliphatic hydroxyl groups excluding tert-OH is 7. The number of amides is 2. The molecule has 0 spiro atoms. The van der Waals surface area contributed by atoms with Crippen molar-refractivity contribution in [3.63, 3.8) is 0 Å². The van der Waals surface area contributed by atoms with E-state index in [1.54, 1.807) is 24.3 Å². The van der Waals surface area contributed by atoms with Gasteiger partial charge < -0.3 is 69.9 Å². The van der Waals surface area contributed by atoms with Crippen molar-refractivity contribution >= 4 is 33.8 Å². The van der Waals surface area contributed by atoms with Crippen LogP contribution >= 0.6 is 0 Å². The van der Waals surface area contributed by atoms with Gasteiger partial charge in [-0.3, -0.25) is 19.3 Å². The first-order chi connectivity index (χ1) is 23.2. The van der Waals surface area contributed by atoms with Gasteiger partial charge in [0.15, 0.2) is 12.2 Å². The lowest BCUT2D eigenvalue weighted by molar-refractivity contribution is -0.483. The topological polar surface area (TPSA) is 289 Å². The molecule has 2 saturated heterocycles. The summed E-state index contributed by atoms with van der Waals surface area (Å²) in [6.07, 6.45) is -16.5. The lowest BCUT2D eigenvalue weighted by atomic mass is 9.94. The molecule has 0 aliphatic carbocycles. The second kappa shape index (κ2) is 14.3. The van der Waals surface area contributed by atoms with E-state index in [1.165, 1.54) is 18.2 Å². The molecule has 268 valence electrons. The molecule has 0 unspecified atom stereocenters. The number of fused-ring (bicyclic) bond motifs is 2. The molecule has 2 aromatic carbocycles. The van der Waals surface area contributed by atoms with Crippen LogP contribution in [0.15, 0.2) is 51.7 Å². The van der Waals surface area contributed by atoms with Crippen LogP contribution in [0, 0.1) is 0 Å². The summed E-state index contributed by atoms with van der Waals surface area (Å²) in [6.45, 7) is -1.45. The SMILES string of the molecule is CC(=O)N(CCCNC(=O)c1ccc2oc3ccccc3c(=O)c2c1)[C@]1(O)O[C@H](CO)[C@@H](O[C@@]2(O)O[C@H](CO)[C@@H](O)[C@H](O)[C@H]2O)[C@H](O)[C@H]1O. The zero-order valence-electron chi connectivity index (χ0n) is 26.0.